The monoisotopic (exact) mass is 366 g/mol. The summed E-state index contributed by atoms with van der Waals surface area (Å²) in [4.78, 5) is 26.7. The lowest BCUT2D eigenvalue weighted by Crippen LogP contribution is -2.58. The molecule has 1 aromatic carbocycles. The number of hydrogen-bond acceptors (Lipinski definition) is 6. The van der Waals surface area contributed by atoms with Gasteiger partial charge < -0.3 is 24.4 Å². The Bertz CT molecular complexity index is 664. The molecule has 1 aliphatic heterocycles. The second-order valence-corrected chi connectivity index (χ2v) is 5.96. The van der Waals surface area contributed by atoms with Crippen molar-refractivity contribution in [2.24, 2.45) is 0 Å². The maximum absolute atomic E-state index is 12.6. The molecule has 8 heteroatoms. The van der Waals surface area contributed by atoms with Crippen LogP contribution < -0.4 is 15.0 Å². The minimum Gasteiger partial charge on any atom is -0.497 e. The van der Waals surface area contributed by atoms with Crippen LogP contribution in [0.25, 0.3) is 0 Å². The number of hydrogen-bond donors (Lipinski definition) is 1. The molecule has 2 rings (SSSR count). The number of methoxy groups -OCH3 is 1. The molecule has 2 atom stereocenters. The number of rotatable bonds is 6. The minimum atomic E-state index is -1.35. The number of ether oxygens (including phenoxy) is 3. The first-order chi connectivity index (χ1) is 11.9. The number of nitrogens with one attached hydrogen (secondary N) is 1. The summed E-state index contributed by atoms with van der Waals surface area (Å²) in [5.74, 6) is -0.449. The highest BCUT2D eigenvalue weighted by molar-refractivity contribution is 7.80. The Labute approximate surface area is 152 Å². The van der Waals surface area contributed by atoms with Gasteiger partial charge in [-0.1, -0.05) is 0 Å². The highest BCUT2D eigenvalue weighted by atomic mass is 32.1. The molecule has 1 saturated heterocycles. The van der Waals surface area contributed by atoms with Crippen molar-refractivity contribution in [3.05, 3.63) is 24.3 Å². The Morgan fingerprint density at radius 2 is 1.80 bits per heavy atom. The number of nitrogens with zero attached hydrogens (tertiary/aromatic N) is 1. The number of thiocarbonyl (C=S) groups is 1. The van der Waals surface area contributed by atoms with Crippen molar-refractivity contribution in [3.63, 3.8) is 0 Å². The van der Waals surface area contributed by atoms with E-state index in [1.54, 1.807) is 57.0 Å². The smallest absolute Gasteiger partial charge is 0.334 e. The average Bonchev–Trinajstić information content (AvgIpc) is 2.87. The van der Waals surface area contributed by atoms with Gasteiger partial charge in [-0.2, -0.15) is 0 Å². The van der Waals surface area contributed by atoms with E-state index in [-0.39, 0.29) is 18.3 Å². The first-order valence-electron chi connectivity index (χ1n) is 7.98. The standard InChI is InChI=1S/C17H22N2O5S/c1-5-23-14(20)13-17(3,15(21)24-6-2)18-16(25)19(13)11-7-9-12(22-4)10-8-11/h7-10,13H,5-6H2,1-4H3,(H,18,25)/t13-,17-/m0/s1. The van der Waals surface area contributed by atoms with E-state index >= 15 is 0 Å². The highest BCUT2D eigenvalue weighted by Gasteiger charge is 2.57. The Kier molecular flexibility index (Phi) is 5.84. The molecule has 0 spiro atoms. The molecular formula is C17H22N2O5S. The molecule has 1 aliphatic rings. The third-order valence-electron chi connectivity index (χ3n) is 3.95. The largest absolute Gasteiger partial charge is 0.497 e. The van der Waals surface area contributed by atoms with E-state index in [0.29, 0.717) is 11.4 Å². The van der Waals surface area contributed by atoms with E-state index in [1.807, 2.05) is 0 Å². The molecule has 25 heavy (non-hydrogen) atoms. The van der Waals surface area contributed by atoms with Crippen molar-refractivity contribution < 1.29 is 23.8 Å². The van der Waals surface area contributed by atoms with E-state index in [9.17, 15) is 9.59 Å². The summed E-state index contributed by atoms with van der Waals surface area (Å²) in [6.45, 7) is 5.38. The van der Waals surface area contributed by atoms with Gasteiger partial charge in [-0.3, -0.25) is 0 Å². The van der Waals surface area contributed by atoms with Crippen LogP contribution in [0.15, 0.2) is 24.3 Å². The zero-order valence-electron chi connectivity index (χ0n) is 14.7. The lowest BCUT2D eigenvalue weighted by molar-refractivity contribution is -0.157. The molecule has 0 bridgehead atoms. The van der Waals surface area contributed by atoms with E-state index in [0.717, 1.165) is 0 Å². The van der Waals surface area contributed by atoms with Gasteiger partial charge in [-0.05, 0) is 57.3 Å². The summed E-state index contributed by atoms with van der Waals surface area (Å²) in [5, 5.41) is 3.18. The number of esters is 2. The lowest BCUT2D eigenvalue weighted by Gasteiger charge is -2.30. The van der Waals surface area contributed by atoms with Crippen molar-refractivity contribution in [3.8, 4) is 5.75 Å². The van der Waals surface area contributed by atoms with Crippen LogP contribution in [0, 0.1) is 0 Å². The van der Waals surface area contributed by atoms with E-state index < -0.39 is 23.5 Å². The van der Waals surface area contributed by atoms with Gasteiger partial charge in [0.15, 0.2) is 16.7 Å². The van der Waals surface area contributed by atoms with Gasteiger partial charge in [0.1, 0.15) is 5.75 Å². The highest BCUT2D eigenvalue weighted by Crippen LogP contribution is 2.32. The molecule has 0 radical (unpaired) electrons. The molecule has 0 aliphatic carbocycles. The molecule has 0 aromatic heterocycles. The van der Waals surface area contributed by atoms with Gasteiger partial charge in [-0.15, -0.1) is 0 Å². The molecule has 7 nitrogen and oxygen atoms in total. The van der Waals surface area contributed by atoms with Crippen molar-refractivity contribution in [1.29, 1.82) is 0 Å². The second-order valence-electron chi connectivity index (χ2n) is 5.58. The summed E-state index contributed by atoms with van der Waals surface area (Å²) in [6.07, 6.45) is 0. The molecule has 0 saturated carbocycles. The summed E-state index contributed by atoms with van der Waals surface area (Å²) >= 11 is 5.38. The molecule has 0 amide bonds. The van der Waals surface area contributed by atoms with Crippen molar-refractivity contribution in [1.82, 2.24) is 5.32 Å². The first-order valence-corrected chi connectivity index (χ1v) is 8.39. The van der Waals surface area contributed by atoms with E-state index in [2.05, 4.69) is 5.32 Å². The van der Waals surface area contributed by atoms with Gasteiger partial charge in [0, 0.05) is 5.69 Å². The Hall–Kier alpha value is -2.35. The average molecular weight is 366 g/mol. The molecule has 1 fully saturated rings. The van der Waals surface area contributed by atoms with Gasteiger partial charge in [0.2, 0.25) is 0 Å². The maximum Gasteiger partial charge on any atom is 0.334 e. The molecule has 1 aromatic rings. The zero-order chi connectivity index (χ0) is 18.6. The van der Waals surface area contributed by atoms with Crippen LogP contribution in [-0.2, 0) is 19.1 Å². The van der Waals surface area contributed by atoms with E-state index in [4.69, 9.17) is 26.4 Å². The molecule has 1 N–H and O–H groups in total. The zero-order valence-corrected chi connectivity index (χ0v) is 15.5. The van der Waals surface area contributed by atoms with Crippen molar-refractivity contribution in [2.75, 3.05) is 25.2 Å². The van der Waals surface area contributed by atoms with Crippen LogP contribution in [0.3, 0.4) is 0 Å². The fourth-order valence-corrected chi connectivity index (χ4v) is 3.16. The fourth-order valence-electron chi connectivity index (χ4n) is 2.74. The van der Waals surface area contributed by atoms with Gasteiger partial charge in [0.05, 0.1) is 20.3 Å². The van der Waals surface area contributed by atoms with Crippen molar-refractivity contribution >= 4 is 35.0 Å². The topological polar surface area (TPSA) is 77.1 Å². The third kappa shape index (κ3) is 3.53. The normalized spacial score (nSPS) is 22.3. The van der Waals surface area contributed by atoms with Crippen LogP contribution >= 0.6 is 12.2 Å². The predicted molar refractivity (Wildman–Crippen MR) is 96.7 cm³/mol. The number of carbonyl (C=O) groups is 2. The lowest BCUT2D eigenvalue weighted by atomic mass is 9.93. The number of benzene rings is 1. The fraction of sp³-hybridized carbons (Fsp3) is 0.471. The predicted octanol–water partition coefficient (Wildman–Crippen LogP) is 1.64. The molecule has 1 heterocycles. The minimum absolute atomic E-state index is 0.192. The quantitative estimate of drug-likeness (QED) is 0.601. The van der Waals surface area contributed by atoms with Crippen LogP contribution in [0.4, 0.5) is 5.69 Å². The molecular weight excluding hydrogens is 344 g/mol. The summed E-state index contributed by atoms with van der Waals surface area (Å²) in [7, 11) is 1.57. The number of carbonyl (C=O) groups excluding carboxylic acids is 2. The second kappa shape index (κ2) is 7.69. The van der Waals surface area contributed by atoms with Crippen LogP contribution in [0.2, 0.25) is 0 Å². The Balaban J connectivity index is 2.46. The van der Waals surface area contributed by atoms with Crippen LogP contribution in [0.1, 0.15) is 20.8 Å². The maximum atomic E-state index is 12.6. The van der Waals surface area contributed by atoms with Gasteiger partial charge in [0.25, 0.3) is 0 Å². The van der Waals surface area contributed by atoms with Gasteiger partial charge >= 0.3 is 11.9 Å². The van der Waals surface area contributed by atoms with E-state index in [1.165, 1.54) is 0 Å². The van der Waals surface area contributed by atoms with Crippen molar-refractivity contribution in [2.45, 2.75) is 32.4 Å². The first kappa shape index (κ1) is 19.0. The summed E-state index contributed by atoms with van der Waals surface area (Å²) in [6, 6.07) is 6.04. The Morgan fingerprint density at radius 3 is 2.32 bits per heavy atom. The summed E-state index contributed by atoms with van der Waals surface area (Å²) < 4.78 is 15.5. The number of anilines is 1. The van der Waals surface area contributed by atoms with Crippen LogP contribution in [-0.4, -0.2) is 49.0 Å². The molecule has 0 unspecified atom stereocenters. The Morgan fingerprint density at radius 1 is 1.20 bits per heavy atom. The summed E-state index contributed by atoms with van der Waals surface area (Å²) in [5.41, 5.74) is -0.705. The van der Waals surface area contributed by atoms with Crippen LogP contribution in [0.5, 0.6) is 5.75 Å². The third-order valence-corrected chi connectivity index (χ3v) is 4.25. The SMILES string of the molecule is CCOC(=O)[C@@H]1N(c2ccc(OC)cc2)C(=S)N[C@]1(C)C(=O)OCC. The molecule has 136 valence electrons. The van der Waals surface area contributed by atoms with Gasteiger partial charge in [-0.25, -0.2) is 9.59 Å².